The highest BCUT2D eigenvalue weighted by molar-refractivity contribution is 5.43. The highest BCUT2D eigenvalue weighted by Crippen LogP contribution is 2.16. The Hall–Kier alpha value is -1.36. The Morgan fingerprint density at radius 3 is 2.53 bits per heavy atom. The third-order valence-corrected chi connectivity index (χ3v) is 2.71. The van der Waals surface area contributed by atoms with Crippen LogP contribution in [-0.4, -0.2) is 23.1 Å². The van der Waals surface area contributed by atoms with Gasteiger partial charge in [0, 0.05) is 13.1 Å². The van der Waals surface area contributed by atoms with Crippen LogP contribution in [0.5, 0.6) is 0 Å². The molecule has 0 radical (unpaired) electrons. The van der Waals surface area contributed by atoms with Gasteiger partial charge in [0.15, 0.2) is 5.82 Å². The maximum atomic E-state index is 5.28. The van der Waals surface area contributed by atoms with Crippen molar-refractivity contribution in [2.75, 3.05) is 17.4 Å². The summed E-state index contributed by atoms with van der Waals surface area (Å²) in [5.41, 5.74) is 2.49. The Labute approximate surface area is 90.7 Å². The van der Waals surface area contributed by atoms with Gasteiger partial charge < -0.3 is 10.3 Å². The van der Waals surface area contributed by atoms with Crippen LogP contribution in [0, 0.1) is 5.92 Å². The van der Waals surface area contributed by atoms with Crippen molar-refractivity contribution in [3.8, 4) is 0 Å². The molecule has 0 spiro atoms. The van der Waals surface area contributed by atoms with E-state index in [1.165, 1.54) is 0 Å². The van der Waals surface area contributed by atoms with Gasteiger partial charge in [-0.15, -0.1) is 0 Å². The molecular formula is C10H19N5. The van der Waals surface area contributed by atoms with E-state index in [2.05, 4.69) is 41.1 Å². The summed E-state index contributed by atoms with van der Waals surface area (Å²) in [6.45, 7) is 6.52. The summed E-state index contributed by atoms with van der Waals surface area (Å²) in [5.74, 6) is 7.25. The molecule has 0 fully saturated rings. The first-order valence-corrected chi connectivity index (χ1v) is 5.07. The molecule has 1 unspecified atom stereocenters. The quantitative estimate of drug-likeness (QED) is 0.577. The molecule has 1 rings (SSSR count). The standard InChI is InChI=1S/C10H19N5/c1-7(2)8(3)15(4)10-6-12-5-9(13-10)14-11/h5-8H,11H2,1-4H3,(H,13,14). The highest BCUT2D eigenvalue weighted by Gasteiger charge is 2.14. The van der Waals surface area contributed by atoms with Crippen LogP contribution in [0.1, 0.15) is 20.8 Å². The number of nitrogen functional groups attached to an aromatic ring is 1. The number of hydrogen-bond donors (Lipinski definition) is 2. The average molecular weight is 209 g/mol. The van der Waals surface area contributed by atoms with Crippen molar-refractivity contribution in [3.63, 3.8) is 0 Å². The lowest BCUT2D eigenvalue weighted by molar-refractivity contribution is 0.502. The highest BCUT2D eigenvalue weighted by atomic mass is 15.3. The van der Waals surface area contributed by atoms with E-state index < -0.39 is 0 Å². The third-order valence-electron chi connectivity index (χ3n) is 2.71. The summed E-state index contributed by atoms with van der Waals surface area (Å²) in [5, 5.41) is 0. The van der Waals surface area contributed by atoms with E-state index in [4.69, 9.17) is 5.84 Å². The predicted molar refractivity (Wildman–Crippen MR) is 62.5 cm³/mol. The minimum absolute atomic E-state index is 0.410. The van der Waals surface area contributed by atoms with E-state index in [9.17, 15) is 0 Å². The summed E-state index contributed by atoms with van der Waals surface area (Å²) >= 11 is 0. The number of aromatic nitrogens is 2. The van der Waals surface area contributed by atoms with Crippen LogP contribution in [-0.2, 0) is 0 Å². The molecule has 0 saturated carbocycles. The fourth-order valence-corrected chi connectivity index (χ4v) is 1.25. The molecule has 1 aromatic rings. The number of hydrogen-bond acceptors (Lipinski definition) is 5. The molecule has 0 aliphatic heterocycles. The van der Waals surface area contributed by atoms with E-state index in [1.54, 1.807) is 12.4 Å². The van der Waals surface area contributed by atoms with Gasteiger partial charge in [0.25, 0.3) is 0 Å². The van der Waals surface area contributed by atoms with E-state index in [0.29, 0.717) is 17.8 Å². The van der Waals surface area contributed by atoms with E-state index in [-0.39, 0.29) is 0 Å². The van der Waals surface area contributed by atoms with Crippen molar-refractivity contribution in [2.45, 2.75) is 26.8 Å². The van der Waals surface area contributed by atoms with Crippen molar-refractivity contribution in [3.05, 3.63) is 12.4 Å². The Morgan fingerprint density at radius 2 is 2.00 bits per heavy atom. The number of nitrogens with one attached hydrogen (secondary N) is 1. The maximum absolute atomic E-state index is 5.28. The fraction of sp³-hybridized carbons (Fsp3) is 0.600. The van der Waals surface area contributed by atoms with Gasteiger partial charge in [-0.05, 0) is 12.8 Å². The molecule has 0 saturated heterocycles. The molecule has 1 aromatic heterocycles. The van der Waals surface area contributed by atoms with E-state index >= 15 is 0 Å². The van der Waals surface area contributed by atoms with Crippen LogP contribution in [0.3, 0.4) is 0 Å². The Bertz CT molecular complexity index is 312. The van der Waals surface area contributed by atoms with Crippen LogP contribution < -0.4 is 16.2 Å². The molecule has 0 aromatic carbocycles. The topological polar surface area (TPSA) is 67.1 Å². The molecule has 0 aliphatic rings. The summed E-state index contributed by atoms with van der Waals surface area (Å²) in [6, 6.07) is 0.410. The minimum Gasteiger partial charge on any atom is -0.355 e. The van der Waals surface area contributed by atoms with Gasteiger partial charge >= 0.3 is 0 Å². The maximum Gasteiger partial charge on any atom is 0.160 e. The van der Waals surface area contributed by atoms with Gasteiger partial charge in [0.05, 0.1) is 12.4 Å². The SMILES string of the molecule is CC(C)C(C)N(C)c1cncc(NN)n1. The second-order valence-electron chi connectivity index (χ2n) is 4.00. The van der Waals surface area contributed by atoms with Gasteiger partial charge in [0.1, 0.15) is 5.82 Å². The predicted octanol–water partition coefficient (Wildman–Crippen LogP) is 1.24. The molecular weight excluding hydrogens is 190 g/mol. The largest absolute Gasteiger partial charge is 0.355 e. The second kappa shape index (κ2) is 4.93. The first-order valence-electron chi connectivity index (χ1n) is 5.07. The Balaban J connectivity index is 2.85. The van der Waals surface area contributed by atoms with Gasteiger partial charge in [0.2, 0.25) is 0 Å². The van der Waals surface area contributed by atoms with Crippen molar-refractivity contribution >= 4 is 11.6 Å². The zero-order valence-electron chi connectivity index (χ0n) is 9.73. The lowest BCUT2D eigenvalue weighted by Gasteiger charge is -2.28. The summed E-state index contributed by atoms with van der Waals surface area (Å²) in [4.78, 5) is 10.5. The Kier molecular flexibility index (Phi) is 3.85. The van der Waals surface area contributed by atoms with Crippen LogP contribution in [0.4, 0.5) is 11.6 Å². The number of nitrogens with two attached hydrogens (primary N) is 1. The first kappa shape index (κ1) is 11.7. The molecule has 5 nitrogen and oxygen atoms in total. The molecule has 15 heavy (non-hydrogen) atoms. The van der Waals surface area contributed by atoms with Crippen LogP contribution >= 0.6 is 0 Å². The molecule has 1 atom stereocenters. The van der Waals surface area contributed by atoms with E-state index in [1.807, 2.05) is 7.05 Å². The first-order chi connectivity index (χ1) is 7.06. The van der Waals surface area contributed by atoms with Gasteiger partial charge in [-0.1, -0.05) is 13.8 Å². The molecule has 84 valence electrons. The fourth-order valence-electron chi connectivity index (χ4n) is 1.25. The summed E-state index contributed by atoms with van der Waals surface area (Å²) in [7, 11) is 2.01. The molecule has 0 bridgehead atoms. The van der Waals surface area contributed by atoms with Crippen molar-refractivity contribution in [2.24, 2.45) is 11.8 Å². The number of anilines is 2. The zero-order chi connectivity index (χ0) is 11.4. The smallest absolute Gasteiger partial charge is 0.160 e. The lowest BCUT2D eigenvalue weighted by atomic mass is 10.1. The molecule has 0 amide bonds. The molecule has 0 aliphatic carbocycles. The van der Waals surface area contributed by atoms with Crippen molar-refractivity contribution in [1.82, 2.24) is 9.97 Å². The normalized spacial score (nSPS) is 12.7. The third kappa shape index (κ3) is 2.79. The van der Waals surface area contributed by atoms with Crippen molar-refractivity contribution < 1.29 is 0 Å². The minimum atomic E-state index is 0.410. The van der Waals surface area contributed by atoms with Gasteiger partial charge in [-0.25, -0.2) is 10.8 Å². The van der Waals surface area contributed by atoms with Gasteiger partial charge in [-0.2, -0.15) is 0 Å². The summed E-state index contributed by atoms with van der Waals surface area (Å²) < 4.78 is 0. The van der Waals surface area contributed by atoms with E-state index in [0.717, 1.165) is 5.82 Å². The zero-order valence-corrected chi connectivity index (χ0v) is 9.73. The molecule has 5 heteroatoms. The lowest BCUT2D eigenvalue weighted by Crippen LogP contribution is -2.34. The number of rotatable bonds is 4. The molecule has 3 N–H and O–H groups in total. The van der Waals surface area contributed by atoms with Crippen LogP contribution in [0.25, 0.3) is 0 Å². The second-order valence-corrected chi connectivity index (χ2v) is 4.00. The monoisotopic (exact) mass is 209 g/mol. The van der Waals surface area contributed by atoms with Crippen molar-refractivity contribution in [1.29, 1.82) is 0 Å². The van der Waals surface area contributed by atoms with Crippen LogP contribution in [0.2, 0.25) is 0 Å². The summed E-state index contributed by atoms with van der Waals surface area (Å²) in [6.07, 6.45) is 3.33. The molecule has 1 heterocycles. The number of hydrazine groups is 1. The average Bonchev–Trinajstić information content (AvgIpc) is 2.27. The Morgan fingerprint density at radius 1 is 1.33 bits per heavy atom. The van der Waals surface area contributed by atoms with Crippen LogP contribution in [0.15, 0.2) is 12.4 Å². The number of nitrogens with zero attached hydrogens (tertiary/aromatic N) is 3. The van der Waals surface area contributed by atoms with Gasteiger partial charge in [-0.3, -0.25) is 4.98 Å².